The predicted octanol–water partition coefficient (Wildman–Crippen LogP) is 5.30. The van der Waals surface area contributed by atoms with E-state index in [9.17, 15) is 23.3 Å². The molecule has 3 aromatic carbocycles. The molecule has 3 aromatic rings. The van der Waals surface area contributed by atoms with Crippen LogP contribution in [-0.2, 0) is 10.0 Å². The number of nitrogens with zero attached hydrogens (tertiary/aromatic N) is 2. The van der Waals surface area contributed by atoms with E-state index in [0.717, 1.165) is 25.3 Å². The van der Waals surface area contributed by atoms with Crippen LogP contribution in [0.5, 0.6) is 5.75 Å². The van der Waals surface area contributed by atoms with Gasteiger partial charge in [-0.25, -0.2) is 8.42 Å². The maximum atomic E-state index is 13.6. The van der Waals surface area contributed by atoms with Crippen molar-refractivity contribution in [2.24, 2.45) is 0 Å². The van der Waals surface area contributed by atoms with Crippen molar-refractivity contribution < 1.29 is 22.9 Å². The molecule has 1 saturated heterocycles. The second kappa shape index (κ2) is 11.1. The molecular weight excluding hydrogens is 520 g/mol. The molecule has 2 N–H and O–H groups in total. The van der Waals surface area contributed by atoms with E-state index in [1.807, 2.05) is 4.90 Å². The number of nitro benzene ring substituents is 1. The molecule has 1 heterocycles. The summed E-state index contributed by atoms with van der Waals surface area (Å²) in [4.78, 5) is 25.6. The Labute approximate surface area is 219 Å². The van der Waals surface area contributed by atoms with Crippen LogP contribution in [0.3, 0.4) is 0 Å². The molecule has 10 nitrogen and oxygen atoms in total. The first-order valence-corrected chi connectivity index (χ1v) is 13.4. The molecule has 37 heavy (non-hydrogen) atoms. The highest BCUT2D eigenvalue weighted by atomic mass is 35.5. The van der Waals surface area contributed by atoms with Gasteiger partial charge in [0.15, 0.2) is 0 Å². The molecule has 0 aliphatic carbocycles. The average Bonchev–Trinajstić information content (AvgIpc) is 2.89. The van der Waals surface area contributed by atoms with Crippen LogP contribution in [0.25, 0.3) is 0 Å². The highest BCUT2D eigenvalue weighted by Crippen LogP contribution is 2.34. The monoisotopic (exact) mass is 544 g/mol. The van der Waals surface area contributed by atoms with Crippen LogP contribution in [0.15, 0.2) is 65.6 Å². The Bertz CT molecular complexity index is 1440. The summed E-state index contributed by atoms with van der Waals surface area (Å²) in [5, 5.41) is 14.1. The Hall–Kier alpha value is -3.83. The van der Waals surface area contributed by atoms with Gasteiger partial charge in [0.2, 0.25) is 0 Å². The molecule has 0 spiro atoms. The summed E-state index contributed by atoms with van der Waals surface area (Å²) in [6.45, 7) is 1.39. The number of amides is 1. The number of halogens is 1. The SMILES string of the molecule is COc1ccccc1NS(=O)(=O)c1cc(NC(=O)c2ccc(Cl)cc2[N+](=O)[O-])ccc1N1CCCCC1. The van der Waals surface area contributed by atoms with E-state index in [-0.39, 0.29) is 26.9 Å². The van der Waals surface area contributed by atoms with Gasteiger partial charge in [-0.2, -0.15) is 0 Å². The standard InChI is InChI=1S/C25H25ClN4O6S/c1-36-23-8-4-3-7-20(23)28-37(34,35)24-16-18(10-12-21(24)29-13-5-2-6-14-29)27-25(31)19-11-9-17(26)15-22(19)30(32)33/h3-4,7-12,15-16,28H,2,5-6,13-14H2,1H3,(H,27,31). The van der Waals surface area contributed by atoms with E-state index in [0.29, 0.717) is 24.5 Å². The number of hydrogen-bond donors (Lipinski definition) is 2. The largest absolute Gasteiger partial charge is 0.495 e. The van der Waals surface area contributed by atoms with Crippen LogP contribution >= 0.6 is 11.6 Å². The Morgan fingerprint density at radius 3 is 2.49 bits per heavy atom. The van der Waals surface area contributed by atoms with Gasteiger partial charge in [-0.05, 0) is 61.7 Å². The van der Waals surface area contributed by atoms with Gasteiger partial charge in [0.05, 0.1) is 23.4 Å². The van der Waals surface area contributed by atoms with Gasteiger partial charge < -0.3 is 15.0 Å². The van der Waals surface area contributed by atoms with Crippen molar-refractivity contribution in [1.29, 1.82) is 0 Å². The first-order chi connectivity index (χ1) is 17.7. The minimum atomic E-state index is -4.12. The molecule has 1 fully saturated rings. The van der Waals surface area contributed by atoms with Crippen LogP contribution in [-0.4, -0.2) is 39.4 Å². The third kappa shape index (κ3) is 5.95. The summed E-state index contributed by atoms with van der Waals surface area (Å²) in [5.41, 5.74) is 0.264. The maximum Gasteiger partial charge on any atom is 0.283 e. The van der Waals surface area contributed by atoms with Gasteiger partial charge >= 0.3 is 0 Å². The zero-order valence-corrected chi connectivity index (χ0v) is 21.5. The number of ether oxygens (including phenoxy) is 1. The molecule has 12 heteroatoms. The van der Waals surface area contributed by atoms with Gasteiger partial charge in [-0.15, -0.1) is 0 Å². The molecule has 4 rings (SSSR count). The lowest BCUT2D eigenvalue weighted by atomic mass is 10.1. The van der Waals surface area contributed by atoms with E-state index >= 15 is 0 Å². The number of hydrogen-bond acceptors (Lipinski definition) is 7. The number of carbonyl (C=O) groups excluding carboxylic acids is 1. The molecular formula is C25H25ClN4O6S. The molecule has 0 aromatic heterocycles. The summed E-state index contributed by atoms with van der Waals surface area (Å²) in [7, 11) is -2.68. The third-order valence-corrected chi connectivity index (χ3v) is 7.59. The van der Waals surface area contributed by atoms with Crippen molar-refractivity contribution >= 4 is 50.3 Å². The van der Waals surface area contributed by atoms with Crippen molar-refractivity contribution in [1.82, 2.24) is 0 Å². The lowest BCUT2D eigenvalue weighted by Crippen LogP contribution is -2.31. The molecule has 0 bridgehead atoms. The zero-order chi connectivity index (χ0) is 26.6. The summed E-state index contributed by atoms with van der Waals surface area (Å²) in [6.07, 6.45) is 2.92. The number of rotatable bonds is 8. The van der Waals surface area contributed by atoms with Crippen molar-refractivity contribution in [3.05, 3.63) is 81.4 Å². The second-order valence-electron chi connectivity index (χ2n) is 8.41. The Kier molecular flexibility index (Phi) is 7.84. The lowest BCUT2D eigenvalue weighted by Gasteiger charge is -2.30. The number of methoxy groups -OCH3 is 1. The Balaban J connectivity index is 1.72. The van der Waals surface area contributed by atoms with Crippen LogP contribution in [0.1, 0.15) is 29.6 Å². The van der Waals surface area contributed by atoms with E-state index in [1.165, 1.54) is 25.3 Å². The number of benzene rings is 3. The normalized spacial score (nSPS) is 13.6. The van der Waals surface area contributed by atoms with Gasteiger partial charge in [0.1, 0.15) is 16.2 Å². The van der Waals surface area contributed by atoms with Crippen LogP contribution in [0, 0.1) is 10.1 Å². The number of nitrogens with one attached hydrogen (secondary N) is 2. The summed E-state index contributed by atoms with van der Waals surface area (Å²) >= 11 is 5.85. The van der Waals surface area contributed by atoms with E-state index < -0.39 is 26.5 Å². The fourth-order valence-corrected chi connectivity index (χ4v) is 5.67. The van der Waals surface area contributed by atoms with E-state index in [2.05, 4.69) is 10.0 Å². The lowest BCUT2D eigenvalue weighted by molar-refractivity contribution is -0.385. The molecule has 0 unspecified atom stereocenters. The zero-order valence-electron chi connectivity index (χ0n) is 19.9. The summed E-state index contributed by atoms with van der Waals surface area (Å²) < 4.78 is 35.1. The smallest absolute Gasteiger partial charge is 0.283 e. The molecule has 0 atom stereocenters. The van der Waals surface area contributed by atoms with Crippen LogP contribution in [0.4, 0.5) is 22.7 Å². The fraction of sp³-hybridized carbons (Fsp3) is 0.240. The van der Waals surface area contributed by atoms with Gasteiger partial charge in [0.25, 0.3) is 21.6 Å². The van der Waals surface area contributed by atoms with Crippen molar-refractivity contribution in [3.8, 4) is 5.75 Å². The highest BCUT2D eigenvalue weighted by Gasteiger charge is 2.26. The molecule has 0 radical (unpaired) electrons. The van der Waals surface area contributed by atoms with Gasteiger partial charge in [-0.3, -0.25) is 19.6 Å². The third-order valence-electron chi connectivity index (χ3n) is 5.96. The molecule has 1 aliphatic rings. The van der Waals surface area contributed by atoms with Gasteiger partial charge in [0, 0.05) is 29.9 Å². The van der Waals surface area contributed by atoms with Crippen LogP contribution in [0.2, 0.25) is 5.02 Å². The quantitative estimate of drug-likeness (QED) is 0.290. The first kappa shape index (κ1) is 26.2. The maximum absolute atomic E-state index is 13.6. The van der Waals surface area contributed by atoms with E-state index in [4.69, 9.17) is 16.3 Å². The van der Waals surface area contributed by atoms with Crippen LogP contribution < -0.4 is 19.7 Å². The minimum absolute atomic E-state index is 0.0382. The number of sulfonamides is 1. The molecule has 1 aliphatic heterocycles. The fourth-order valence-electron chi connectivity index (χ4n) is 4.18. The number of piperidine rings is 1. The number of para-hydroxylation sites is 2. The number of carbonyl (C=O) groups is 1. The molecule has 1 amide bonds. The Morgan fingerprint density at radius 2 is 1.78 bits per heavy atom. The van der Waals surface area contributed by atoms with Gasteiger partial charge in [-0.1, -0.05) is 23.7 Å². The van der Waals surface area contributed by atoms with Crippen molar-refractivity contribution in [2.75, 3.05) is 35.1 Å². The number of nitro groups is 1. The second-order valence-corrected chi connectivity index (χ2v) is 10.5. The molecule has 0 saturated carbocycles. The topological polar surface area (TPSA) is 131 Å². The van der Waals surface area contributed by atoms with E-state index in [1.54, 1.807) is 36.4 Å². The van der Waals surface area contributed by atoms with Crippen molar-refractivity contribution in [2.45, 2.75) is 24.2 Å². The Morgan fingerprint density at radius 1 is 1.05 bits per heavy atom. The molecule has 194 valence electrons. The number of anilines is 3. The summed E-state index contributed by atoms with van der Waals surface area (Å²) in [5.74, 6) is -0.416. The highest BCUT2D eigenvalue weighted by molar-refractivity contribution is 7.93. The first-order valence-electron chi connectivity index (χ1n) is 11.5. The summed E-state index contributed by atoms with van der Waals surface area (Å²) in [6, 6.07) is 14.9. The minimum Gasteiger partial charge on any atom is -0.495 e. The average molecular weight is 545 g/mol. The predicted molar refractivity (Wildman–Crippen MR) is 142 cm³/mol. The van der Waals surface area contributed by atoms with Crippen molar-refractivity contribution in [3.63, 3.8) is 0 Å².